The first-order valence-corrected chi connectivity index (χ1v) is 12.0. The van der Waals surface area contributed by atoms with Crippen LogP contribution in [0.15, 0.2) is 59.2 Å². The van der Waals surface area contributed by atoms with Gasteiger partial charge in [-0.25, -0.2) is 4.79 Å². The lowest BCUT2D eigenvalue weighted by molar-refractivity contribution is -0.135. The molecule has 0 aliphatic heterocycles. The van der Waals surface area contributed by atoms with E-state index in [9.17, 15) is 9.59 Å². The maximum absolute atomic E-state index is 12.0. The normalized spacial score (nSPS) is 16.7. The van der Waals surface area contributed by atoms with Crippen LogP contribution in [0.4, 0.5) is 0 Å². The van der Waals surface area contributed by atoms with Gasteiger partial charge in [0.2, 0.25) is 5.91 Å². The molecule has 7 heteroatoms. The maximum atomic E-state index is 12.0. The second kappa shape index (κ2) is 13.0. The number of allylic oxidation sites excluding steroid dienone is 4. The minimum Gasteiger partial charge on any atom is -0.466 e. The van der Waals surface area contributed by atoms with Crippen molar-refractivity contribution in [2.24, 2.45) is 5.92 Å². The Morgan fingerprint density at radius 2 is 1.88 bits per heavy atom. The molecule has 1 aromatic rings. The molecule has 0 radical (unpaired) electrons. The summed E-state index contributed by atoms with van der Waals surface area (Å²) in [5, 5.41) is 4.42. The van der Waals surface area contributed by atoms with Gasteiger partial charge in [-0.1, -0.05) is 67.3 Å². The Hall–Kier alpha value is -2.08. The Balaban J connectivity index is 2.25. The van der Waals surface area contributed by atoms with Gasteiger partial charge in [-0.15, -0.1) is 0 Å². The molecular weight excluding hydrogens is 459 g/mol. The van der Waals surface area contributed by atoms with Gasteiger partial charge < -0.3 is 10.1 Å². The number of nitrogens with one attached hydrogen (secondary N) is 1. The fraction of sp³-hybridized carbons (Fsp3) is 0.462. The summed E-state index contributed by atoms with van der Waals surface area (Å²) in [6.45, 7) is 5.65. The topological polar surface area (TPSA) is 58.6 Å². The number of carbonyl (C=O) groups is 2. The van der Waals surface area contributed by atoms with Gasteiger partial charge in [0.15, 0.2) is 0 Å². The third kappa shape index (κ3) is 7.73. The van der Waals surface area contributed by atoms with Crippen molar-refractivity contribution in [3.8, 4) is 0 Å². The van der Waals surface area contributed by atoms with Crippen LogP contribution in [0.1, 0.15) is 45.1 Å². The minimum atomic E-state index is -0.560. The number of ether oxygens (including phenoxy) is 1. The average Bonchev–Trinajstić information content (AvgIpc) is 2.81. The van der Waals surface area contributed by atoms with Crippen LogP contribution in [0.25, 0.3) is 0 Å². The molecule has 1 N–H and O–H groups in total. The van der Waals surface area contributed by atoms with Gasteiger partial charge in [-0.3, -0.25) is 9.69 Å². The second-order valence-corrected chi connectivity index (χ2v) is 9.52. The molecular formula is C26H34Cl2N2O3. The van der Waals surface area contributed by atoms with Gasteiger partial charge >= 0.3 is 5.97 Å². The third-order valence-electron chi connectivity index (χ3n) is 6.29. The first kappa shape index (κ1) is 27.2. The second-order valence-electron chi connectivity index (χ2n) is 8.59. The lowest BCUT2D eigenvalue weighted by Crippen LogP contribution is -2.44. The van der Waals surface area contributed by atoms with Crippen LogP contribution in [0.2, 0.25) is 5.02 Å². The number of halogens is 2. The summed E-state index contributed by atoms with van der Waals surface area (Å²) in [5.41, 5.74) is 2.37. The molecule has 0 aromatic heterocycles. The Bertz CT molecular complexity index is 909. The predicted molar refractivity (Wildman–Crippen MR) is 135 cm³/mol. The quantitative estimate of drug-likeness (QED) is 0.248. The first-order valence-electron chi connectivity index (χ1n) is 11.2. The van der Waals surface area contributed by atoms with Crippen LogP contribution in [-0.4, -0.2) is 44.1 Å². The largest absolute Gasteiger partial charge is 0.466 e. The number of amides is 1. The number of methoxy groups -OCH3 is 1. The molecule has 0 fully saturated rings. The fourth-order valence-corrected chi connectivity index (χ4v) is 4.64. The summed E-state index contributed by atoms with van der Waals surface area (Å²) in [6.07, 6.45) is 10.3. The molecule has 0 heterocycles. The van der Waals surface area contributed by atoms with Gasteiger partial charge in [0.25, 0.3) is 0 Å². The smallest absolute Gasteiger partial charge is 0.330 e. The lowest BCUT2D eigenvalue weighted by atomic mass is 9.63. The van der Waals surface area contributed by atoms with E-state index in [0.717, 1.165) is 43.3 Å². The highest BCUT2D eigenvalue weighted by Crippen LogP contribution is 2.45. The summed E-state index contributed by atoms with van der Waals surface area (Å²) in [7, 11) is 3.26. The van der Waals surface area contributed by atoms with E-state index in [1.165, 1.54) is 24.3 Å². The molecule has 0 saturated heterocycles. The van der Waals surface area contributed by atoms with Crippen molar-refractivity contribution in [3.05, 3.63) is 69.8 Å². The summed E-state index contributed by atoms with van der Waals surface area (Å²) in [4.78, 5) is 25.3. The molecule has 1 aliphatic rings. The van der Waals surface area contributed by atoms with Crippen molar-refractivity contribution >= 4 is 35.1 Å². The predicted octanol–water partition coefficient (Wildman–Crippen LogP) is 5.59. The van der Waals surface area contributed by atoms with Crippen molar-refractivity contribution < 1.29 is 14.3 Å². The van der Waals surface area contributed by atoms with Crippen molar-refractivity contribution in [3.63, 3.8) is 0 Å². The minimum absolute atomic E-state index is 0.211. The van der Waals surface area contributed by atoms with E-state index in [2.05, 4.69) is 47.0 Å². The van der Waals surface area contributed by atoms with Gasteiger partial charge in [-0.05, 0) is 56.0 Å². The number of rotatable bonds is 11. The Kier molecular flexibility index (Phi) is 10.7. The summed E-state index contributed by atoms with van der Waals surface area (Å²) in [5.74, 6) is -0.600. The van der Waals surface area contributed by atoms with E-state index in [1.54, 1.807) is 0 Å². The van der Waals surface area contributed by atoms with Crippen LogP contribution in [0.3, 0.4) is 0 Å². The Morgan fingerprint density at radius 3 is 2.45 bits per heavy atom. The van der Waals surface area contributed by atoms with Gasteiger partial charge in [0, 0.05) is 34.2 Å². The molecule has 0 saturated carbocycles. The van der Waals surface area contributed by atoms with Crippen LogP contribution < -0.4 is 5.32 Å². The third-order valence-corrected chi connectivity index (χ3v) is 6.86. The number of esters is 1. The van der Waals surface area contributed by atoms with Crippen LogP contribution in [0.5, 0.6) is 0 Å². The van der Waals surface area contributed by atoms with Gasteiger partial charge in [0.05, 0.1) is 13.8 Å². The molecule has 0 spiro atoms. The van der Waals surface area contributed by atoms with E-state index in [4.69, 9.17) is 23.2 Å². The highest BCUT2D eigenvalue weighted by atomic mass is 35.5. The van der Waals surface area contributed by atoms with Crippen molar-refractivity contribution in [2.45, 2.75) is 44.9 Å². The monoisotopic (exact) mass is 492 g/mol. The SMILES string of the molecule is CCCC(CN(C)CNC(=O)/C=C\C(=O)OC)C(C)(C1=CC=C(Cl)CC1)c1ccc(Cl)cc1. The molecule has 2 atom stereocenters. The van der Waals surface area contributed by atoms with Crippen molar-refractivity contribution in [2.75, 3.05) is 27.4 Å². The summed E-state index contributed by atoms with van der Waals surface area (Å²) in [6, 6.07) is 8.13. The summed E-state index contributed by atoms with van der Waals surface area (Å²) >= 11 is 12.5. The zero-order chi connectivity index (χ0) is 24.4. The van der Waals surface area contributed by atoms with Crippen LogP contribution in [0, 0.1) is 5.92 Å². The van der Waals surface area contributed by atoms with Crippen molar-refractivity contribution in [1.82, 2.24) is 10.2 Å². The molecule has 33 heavy (non-hydrogen) atoms. The molecule has 0 bridgehead atoms. The first-order chi connectivity index (χ1) is 15.7. The molecule has 1 aliphatic carbocycles. The lowest BCUT2D eigenvalue weighted by Gasteiger charge is -2.43. The average molecular weight is 493 g/mol. The highest BCUT2D eigenvalue weighted by Gasteiger charge is 2.39. The Morgan fingerprint density at radius 1 is 1.18 bits per heavy atom. The van der Waals surface area contributed by atoms with E-state index in [0.29, 0.717) is 17.6 Å². The standard InChI is InChI=1S/C26H34Cl2N2O3/c1-5-6-21(17-30(3)18-29-24(31)15-16-25(32)33-4)26(2,19-7-11-22(27)12-8-19)20-9-13-23(28)14-10-20/h7-9,11-13,15-16,21H,5-6,10,14,17-18H2,1-4H3,(H,29,31)/b16-15-. The van der Waals surface area contributed by atoms with Crippen LogP contribution >= 0.6 is 23.2 Å². The van der Waals surface area contributed by atoms with E-state index in [1.807, 2.05) is 25.3 Å². The fourth-order valence-electron chi connectivity index (χ4n) is 4.36. The molecule has 1 amide bonds. The molecule has 2 unspecified atom stereocenters. The highest BCUT2D eigenvalue weighted by molar-refractivity contribution is 6.30. The number of hydrogen-bond acceptors (Lipinski definition) is 4. The zero-order valence-corrected chi connectivity index (χ0v) is 21.4. The van der Waals surface area contributed by atoms with Crippen molar-refractivity contribution in [1.29, 1.82) is 0 Å². The Labute approximate surface area is 207 Å². The number of hydrogen-bond donors (Lipinski definition) is 1. The number of nitrogens with zero attached hydrogens (tertiary/aromatic N) is 1. The molecule has 2 rings (SSSR count). The maximum Gasteiger partial charge on any atom is 0.330 e. The van der Waals surface area contributed by atoms with E-state index < -0.39 is 5.97 Å². The van der Waals surface area contributed by atoms with Gasteiger partial charge in [-0.2, -0.15) is 0 Å². The summed E-state index contributed by atoms with van der Waals surface area (Å²) < 4.78 is 4.51. The van der Waals surface area contributed by atoms with Crippen LogP contribution in [-0.2, 0) is 19.7 Å². The number of benzene rings is 1. The molecule has 180 valence electrons. The number of carbonyl (C=O) groups excluding carboxylic acids is 2. The zero-order valence-electron chi connectivity index (χ0n) is 19.9. The molecule has 5 nitrogen and oxygen atoms in total. The van der Waals surface area contributed by atoms with Gasteiger partial charge in [0.1, 0.15) is 0 Å². The molecule has 1 aromatic carbocycles. The van der Waals surface area contributed by atoms with E-state index in [-0.39, 0.29) is 11.3 Å². The van der Waals surface area contributed by atoms with E-state index >= 15 is 0 Å².